The molecule has 0 fully saturated rings. The van der Waals surface area contributed by atoms with Crippen LogP contribution in [0.15, 0.2) is 134 Å². The molecule has 0 bridgehead atoms. The number of rotatable bonds is 16. The average molecular weight is 758 g/mol. The molecule has 2 atom stereocenters. The molecule has 13 heteroatoms. The number of carbonyl (C=O) groups is 1. The van der Waals surface area contributed by atoms with Crippen LogP contribution in [0.1, 0.15) is 41.2 Å². The summed E-state index contributed by atoms with van der Waals surface area (Å²) >= 11 is 0. The van der Waals surface area contributed by atoms with Gasteiger partial charge < -0.3 is 18.6 Å². The van der Waals surface area contributed by atoms with E-state index in [0.29, 0.717) is 30.2 Å². The van der Waals surface area contributed by atoms with Gasteiger partial charge in [-0.15, -0.1) is 0 Å². The third-order valence-electron chi connectivity index (χ3n) is 8.47. The molecule has 272 valence electrons. The first-order chi connectivity index (χ1) is 24.3. The normalized spacial score (nSPS) is 12.2. The number of imidazole rings is 2. The molecule has 0 saturated heterocycles. The second-order valence-corrected chi connectivity index (χ2v) is 13.7. The minimum Gasteiger partial charge on any atom is -0.497 e. The topological polar surface area (TPSA) is 117 Å². The van der Waals surface area contributed by atoms with Crippen molar-refractivity contribution in [3.8, 4) is 22.9 Å². The molecule has 1 unspecified atom stereocenters. The van der Waals surface area contributed by atoms with E-state index in [2.05, 4.69) is 14.7 Å². The van der Waals surface area contributed by atoms with Crippen LogP contribution in [-0.2, 0) is 27.7 Å². The van der Waals surface area contributed by atoms with Gasteiger partial charge in [-0.2, -0.15) is 27.0 Å². The Kier molecular flexibility index (Phi) is 14.3. The molecule has 6 rings (SSSR count). The minimum atomic E-state index is -4.11. The van der Waals surface area contributed by atoms with Gasteiger partial charge in [-0.3, -0.25) is 4.79 Å². The first kappa shape index (κ1) is 40.0. The quantitative estimate of drug-likeness (QED) is 0.120. The van der Waals surface area contributed by atoms with E-state index in [4.69, 9.17) is 9.47 Å². The number of nitrogens with one attached hydrogen (secondary N) is 1. The second kappa shape index (κ2) is 18.6. The molecule has 0 amide bonds. The van der Waals surface area contributed by atoms with Crippen LogP contribution in [0.5, 0.6) is 11.5 Å². The first-order valence-corrected chi connectivity index (χ1v) is 17.9. The molecule has 2 aromatic heterocycles. The molecular weight excluding hydrogens is 715 g/mol. The van der Waals surface area contributed by atoms with Crippen molar-refractivity contribution in [1.29, 1.82) is 0 Å². The fraction of sp³-hybridized carbons (Fsp3) is 0.205. The van der Waals surface area contributed by atoms with Gasteiger partial charge in [0.15, 0.2) is 0 Å². The van der Waals surface area contributed by atoms with Crippen molar-refractivity contribution in [1.82, 2.24) is 23.8 Å². The molecule has 52 heavy (non-hydrogen) atoms. The van der Waals surface area contributed by atoms with Gasteiger partial charge in [-0.1, -0.05) is 60.7 Å². The van der Waals surface area contributed by atoms with Crippen LogP contribution in [0.25, 0.3) is 11.4 Å². The number of aromatic nitrogens is 4. The number of methoxy groups -OCH3 is 2. The zero-order chi connectivity index (χ0) is 34.9. The second-order valence-electron chi connectivity index (χ2n) is 12.0. The number of nitrogens with zero attached hydrogens (tertiary/aromatic N) is 4. The van der Waals surface area contributed by atoms with Crippen molar-refractivity contribution in [2.75, 3.05) is 20.0 Å². The van der Waals surface area contributed by atoms with Crippen LogP contribution in [0.3, 0.4) is 0 Å². The molecule has 0 saturated carbocycles. The van der Waals surface area contributed by atoms with Crippen LogP contribution in [-0.4, -0.2) is 53.3 Å². The van der Waals surface area contributed by atoms with Crippen molar-refractivity contribution in [3.63, 3.8) is 0 Å². The van der Waals surface area contributed by atoms with Gasteiger partial charge >= 0.3 is 0 Å². The highest BCUT2D eigenvalue weighted by molar-refractivity contribution is 7.90. The summed E-state index contributed by atoms with van der Waals surface area (Å²) in [5.74, 6) is 1.11. The van der Waals surface area contributed by atoms with Gasteiger partial charge in [-0.05, 0) is 72.5 Å². The predicted octanol–water partition coefficient (Wildman–Crippen LogP) is 6.49. The zero-order valence-corrected chi connectivity index (χ0v) is 31.7. The number of hydrogen-bond acceptors (Lipinski definition) is 7. The molecule has 0 radical (unpaired) electrons. The Morgan fingerprint density at radius 1 is 0.673 bits per heavy atom. The molecular formula is C39H43N5O5S3. The monoisotopic (exact) mass is 757 g/mol. The maximum absolute atomic E-state index is 13.8. The summed E-state index contributed by atoms with van der Waals surface area (Å²) in [6.45, 7) is 0. The number of ether oxygens (including phenoxy) is 2. The smallest absolute Gasteiger partial charge is 0.219 e. The van der Waals surface area contributed by atoms with Gasteiger partial charge in [-0.25, -0.2) is 23.1 Å². The molecule has 0 spiro atoms. The Balaban J connectivity index is 0.00000302. The van der Waals surface area contributed by atoms with Gasteiger partial charge in [0.25, 0.3) is 0 Å². The largest absolute Gasteiger partial charge is 0.497 e. The van der Waals surface area contributed by atoms with Crippen LogP contribution in [0.4, 0.5) is 0 Å². The maximum Gasteiger partial charge on any atom is 0.219 e. The van der Waals surface area contributed by atoms with E-state index < -0.39 is 27.6 Å². The van der Waals surface area contributed by atoms with E-state index in [0.717, 1.165) is 28.3 Å². The number of sulfonamides is 1. The Morgan fingerprint density at radius 3 is 1.63 bits per heavy atom. The third kappa shape index (κ3) is 10.2. The fourth-order valence-electron chi connectivity index (χ4n) is 6.11. The first-order valence-electron chi connectivity index (χ1n) is 16.3. The Hall–Kier alpha value is -4.82. The van der Waals surface area contributed by atoms with E-state index in [1.807, 2.05) is 125 Å². The summed E-state index contributed by atoms with van der Waals surface area (Å²) in [4.78, 5) is 23.0. The molecule has 0 aliphatic heterocycles. The number of hydrogen-bond donors (Lipinski definition) is 1. The lowest BCUT2D eigenvalue weighted by Gasteiger charge is -2.21. The van der Waals surface area contributed by atoms with E-state index in [1.165, 1.54) is 0 Å². The SMILES string of the molecule is COc1ccc(-n2ccnc2C(CC(=O)CS(=O)(=O)N[C@@H](Cc2ccccc2)c2nccn2-c2ccc(OC)cc2)Cc2ccccc2)cc1.S.S. The maximum atomic E-state index is 13.8. The summed E-state index contributed by atoms with van der Waals surface area (Å²) < 4.78 is 44.9. The lowest BCUT2D eigenvalue weighted by molar-refractivity contribution is -0.117. The van der Waals surface area contributed by atoms with Gasteiger partial charge in [0.05, 0.1) is 20.3 Å². The van der Waals surface area contributed by atoms with E-state index in [1.54, 1.807) is 32.8 Å². The summed E-state index contributed by atoms with van der Waals surface area (Å²) in [7, 11) is -0.895. The highest BCUT2D eigenvalue weighted by Gasteiger charge is 2.29. The van der Waals surface area contributed by atoms with Gasteiger partial charge in [0, 0.05) is 48.5 Å². The van der Waals surface area contributed by atoms with Crippen molar-refractivity contribution in [2.24, 2.45) is 0 Å². The van der Waals surface area contributed by atoms with Gasteiger partial charge in [0.2, 0.25) is 10.0 Å². The molecule has 4 aromatic carbocycles. The third-order valence-corrected chi connectivity index (χ3v) is 9.82. The molecule has 2 heterocycles. The molecule has 0 aliphatic carbocycles. The average Bonchev–Trinajstić information content (AvgIpc) is 3.83. The van der Waals surface area contributed by atoms with Crippen LogP contribution in [0, 0.1) is 0 Å². The van der Waals surface area contributed by atoms with Crippen LogP contribution < -0.4 is 14.2 Å². The van der Waals surface area contributed by atoms with Gasteiger partial charge in [0.1, 0.15) is 34.7 Å². The Labute approximate surface area is 318 Å². The lowest BCUT2D eigenvalue weighted by Crippen LogP contribution is -2.36. The lowest BCUT2D eigenvalue weighted by atomic mass is 9.93. The highest BCUT2D eigenvalue weighted by Crippen LogP contribution is 2.28. The van der Waals surface area contributed by atoms with Crippen LogP contribution >= 0.6 is 27.0 Å². The number of carbonyl (C=O) groups excluding carboxylic acids is 1. The number of benzene rings is 4. The zero-order valence-electron chi connectivity index (χ0n) is 28.9. The number of Topliss-reactive ketones (excluding diaryl/α,β-unsaturated/α-hetero) is 1. The molecule has 6 aromatic rings. The summed E-state index contributed by atoms with van der Waals surface area (Å²) in [6.07, 6.45) is 7.77. The molecule has 0 aliphatic rings. The predicted molar refractivity (Wildman–Crippen MR) is 213 cm³/mol. The summed E-state index contributed by atoms with van der Waals surface area (Å²) in [5.41, 5.74) is 3.59. The van der Waals surface area contributed by atoms with Crippen molar-refractivity contribution < 1.29 is 22.7 Å². The Bertz CT molecular complexity index is 2110. The minimum absolute atomic E-state index is 0. The van der Waals surface area contributed by atoms with Crippen LogP contribution in [0.2, 0.25) is 0 Å². The molecule has 10 nitrogen and oxygen atoms in total. The summed E-state index contributed by atoms with van der Waals surface area (Å²) in [6, 6.07) is 33.7. The van der Waals surface area contributed by atoms with Crippen molar-refractivity contribution in [3.05, 3.63) is 157 Å². The standard InChI is InChI=1S/C39H39N5O5S.2H2S/c1-48-35-17-13-32(14-18-35)43-23-21-40-38(43)31(25-29-9-5-3-6-10-29)27-34(45)28-50(46,47)42-37(26-30-11-7-4-8-12-30)39-41-22-24-44(39)33-15-19-36(49-2)20-16-33;;/h3-24,31,37,42H,25-28H2,1-2H3;2*1H2/t31?,37-;;/m0../s1. The van der Waals surface area contributed by atoms with E-state index in [-0.39, 0.29) is 39.3 Å². The molecule has 1 N–H and O–H groups in total. The number of ketones is 1. The van der Waals surface area contributed by atoms with Crippen molar-refractivity contribution >= 4 is 42.8 Å². The Morgan fingerprint density at radius 2 is 1.13 bits per heavy atom. The highest BCUT2D eigenvalue weighted by atomic mass is 32.2. The van der Waals surface area contributed by atoms with Crippen molar-refractivity contribution in [2.45, 2.75) is 31.2 Å². The summed E-state index contributed by atoms with van der Waals surface area (Å²) in [5, 5.41) is 0. The fourth-order valence-corrected chi connectivity index (χ4v) is 7.35. The van der Waals surface area contributed by atoms with E-state index >= 15 is 0 Å². The van der Waals surface area contributed by atoms with E-state index in [9.17, 15) is 13.2 Å².